The average molecular weight is 279 g/mol. The zero-order valence-corrected chi connectivity index (χ0v) is 11.8. The molecule has 5 heteroatoms. The maximum absolute atomic E-state index is 11.8. The van der Waals surface area contributed by atoms with Crippen LogP contribution in [0.25, 0.3) is 0 Å². The van der Waals surface area contributed by atoms with Crippen molar-refractivity contribution in [3.05, 3.63) is 24.2 Å². The van der Waals surface area contributed by atoms with Gasteiger partial charge in [0.05, 0.1) is 18.2 Å². The summed E-state index contributed by atoms with van der Waals surface area (Å²) in [6.45, 7) is 1.60. The number of rotatable bonds is 5. The van der Waals surface area contributed by atoms with Crippen molar-refractivity contribution in [2.24, 2.45) is 5.92 Å². The van der Waals surface area contributed by atoms with Gasteiger partial charge in [0, 0.05) is 0 Å². The fraction of sp³-hybridized carbons (Fsp3) is 0.600. The van der Waals surface area contributed by atoms with Crippen LogP contribution in [0.1, 0.15) is 50.8 Å². The molecule has 1 aromatic heterocycles. The summed E-state index contributed by atoms with van der Waals surface area (Å²) in [7, 11) is 0. The molecule has 1 atom stereocenters. The van der Waals surface area contributed by atoms with Crippen LogP contribution in [0, 0.1) is 5.92 Å². The molecule has 2 rings (SSSR count). The lowest BCUT2D eigenvalue weighted by Crippen LogP contribution is -2.32. The van der Waals surface area contributed by atoms with Crippen LogP contribution < -0.4 is 5.32 Å². The van der Waals surface area contributed by atoms with Crippen molar-refractivity contribution in [1.29, 1.82) is 0 Å². The lowest BCUT2D eigenvalue weighted by molar-refractivity contribution is -0.153. The number of ether oxygens (including phenoxy) is 1. The average Bonchev–Trinajstić information content (AvgIpc) is 3.00. The van der Waals surface area contributed by atoms with Crippen LogP contribution in [-0.2, 0) is 14.3 Å². The first-order valence-corrected chi connectivity index (χ1v) is 7.16. The van der Waals surface area contributed by atoms with Gasteiger partial charge in [-0.3, -0.25) is 9.59 Å². The molecule has 1 aliphatic carbocycles. The molecule has 110 valence electrons. The number of carbonyl (C=O) groups is 2. The van der Waals surface area contributed by atoms with Crippen molar-refractivity contribution >= 4 is 11.9 Å². The number of carbonyl (C=O) groups excluding carboxylic acids is 2. The highest BCUT2D eigenvalue weighted by atomic mass is 16.5. The second kappa shape index (κ2) is 7.12. The Labute approximate surface area is 118 Å². The van der Waals surface area contributed by atoms with Crippen LogP contribution in [0.15, 0.2) is 22.8 Å². The number of nitrogens with one attached hydrogen (secondary N) is 1. The second-order valence-electron chi connectivity index (χ2n) is 5.25. The van der Waals surface area contributed by atoms with Gasteiger partial charge in [-0.2, -0.15) is 0 Å². The maximum Gasteiger partial charge on any atom is 0.309 e. The Hall–Kier alpha value is -1.78. The zero-order valence-electron chi connectivity index (χ0n) is 11.8. The zero-order chi connectivity index (χ0) is 14.4. The van der Waals surface area contributed by atoms with Gasteiger partial charge in [-0.25, -0.2) is 0 Å². The highest BCUT2D eigenvalue weighted by molar-refractivity contribution is 5.81. The minimum Gasteiger partial charge on any atom is -0.467 e. The number of esters is 1. The number of amides is 1. The summed E-state index contributed by atoms with van der Waals surface area (Å²) in [5.74, 6) is 0.0968. The monoisotopic (exact) mass is 279 g/mol. The molecule has 20 heavy (non-hydrogen) atoms. The molecule has 0 aliphatic heterocycles. The first kappa shape index (κ1) is 14.6. The fourth-order valence-corrected chi connectivity index (χ4v) is 2.48. The Kier molecular flexibility index (Phi) is 5.21. The maximum atomic E-state index is 11.8. The van der Waals surface area contributed by atoms with Crippen molar-refractivity contribution in [2.75, 3.05) is 6.61 Å². The van der Waals surface area contributed by atoms with Crippen LogP contribution in [-0.4, -0.2) is 18.5 Å². The normalized spacial score (nSPS) is 17.4. The van der Waals surface area contributed by atoms with E-state index in [4.69, 9.17) is 9.15 Å². The van der Waals surface area contributed by atoms with Gasteiger partial charge < -0.3 is 14.5 Å². The van der Waals surface area contributed by atoms with Crippen molar-refractivity contribution in [3.63, 3.8) is 0 Å². The summed E-state index contributed by atoms with van der Waals surface area (Å²) in [5, 5.41) is 2.73. The largest absolute Gasteiger partial charge is 0.467 e. The van der Waals surface area contributed by atoms with Gasteiger partial charge in [0.2, 0.25) is 0 Å². The number of hydrogen-bond acceptors (Lipinski definition) is 4. The molecule has 1 fully saturated rings. The quantitative estimate of drug-likeness (QED) is 0.841. The molecule has 1 aliphatic rings. The standard InChI is InChI=1S/C15H21NO4/c1-11(13-8-5-9-19-13)16-14(17)10-20-15(18)12-6-3-2-4-7-12/h5,8-9,11-12H,2-4,6-7,10H2,1H3,(H,16,17)/t11-/m0/s1. The molecule has 1 amide bonds. The van der Waals surface area contributed by atoms with Crippen LogP contribution >= 0.6 is 0 Å². The van der Waals surface area contributed by atoms with Crippen molar-refractivity contribution in [2.45, 2.75) is 45.1 Å². The van der Waals surface area contributed by atoms with E-state index < -0.39 is 0 Å². The minimum absolute atomic E-state index is 0.0287. The minimum atomic E-state index is -0.307. The molecule has 0 spiro atoms. The Morgan fingerprint density at radius 1 is 1.40 bits per heavy atom. The topological polar surface area (TPSA) is 68.5 Å². The fourth-order valence-electron chi connectivity index (χ4n) is 2.48. The van der Waals surface area contributed by atoms with Gasteiger partial charge in [-0.15, -0.1) is 0 Å². The Bertz CT molecular complexity index is 435. The predicted molar refractivity (Wildman–Crippen MR) is 72.8 cm³/mol. The van der Waals surface area contributed by atoms with E-state index >= 15 is 0 Å². The molecule has 1 N–H and O–H groups in total. The lowest BCUT2D eigenvalue weighted by atomic mass is 9.89. The van der Waals surface area contributed by atoms with Crippen molar-refractivity contribution < 1.29 is 18.7 Å². The first-order valence-electron chi connectivity index (χ1n) is 7.16. The van der Waals surface area contributed by atoms with E-state index in [1.807, 2.05) is 6.92 Å². The Morgan fingerprint density at radius 2 is 2.15 bits per heavy atom. The third-order valence-electron chi connectivity index (χ3n) is 3.63. The molecule has 1 saturated carbocycles. The molecule has 0 radical (unpaired) electrons. The van der Waals surface area contributed by atoms with E-state index in [1.165, 1.54) is 6.42 Å². The van der Waals surface area contributed by atoms with E-state index in [-0.39, 0.29) is 30.4 Å². The Morgan fingerprint density at radius 3 is 2.80 bits per heavy atom. The molecule has 1 aromatic rings. The van der Waals surface area contributed by atoms with Gasteiger partial charge in [0.25, 0.3) is 5.91 Å². The summed E-state index contributed by atoms with van der Waals surface area (Å²) < 4.78 is 10.3. The van der Waals surface area contributed by atoms with E-state index in [0.717, 1.165) is 25.7 Å². The molecule has 0 bridgehead atoms. The molecule has 1 heterocycles. The smallest absolute Gasteiger partial charge is 0.309 e. The van der Waals surface area contributed by atoms with E-state index in [0.29, 0.717) is 5.76 Å². The van der Waals surface area contributed by atoms with E-state index in [2.05, 4.69) is 5.32 Å². The number of furan rings is 1. The predicted octanol–water partition coefficient (Wildman–Crippen LogP) is 2.58. The van der Waals surface area contributed by atoms with Crippen LogP contribution in [0.5, 0.6) is 0 Å². The molecule has 0 aromatic carbocycles. The first-order chi connectivity index (χ1) is 9.66. The van der Waals surface area contributed by atoms with Crippen molar-refractivity contribution in [1.82, 2.24) is 5.32 Å². The SMILES string of the molecule is C[C@H](NC(=O)COC(=O)C1CCCCC1)c1ccco1. The summed E-state index contributed by atoms with van der Waals surface area (Å²) in [6, 6.07) is 3.32. The number of hydrogen-bond donors (Lipinski definition) is 1. The third kappa shape index (κ3) is 4.11. The van der Waals surface area contributed by atoms with Crippen LogP contribution in [0.4, 0.5) is 0 Å². The second-order valence-corrected chi connectivity index (χ2v) is 5.25. The van der Waals surface area contributed by atoms with Crippen LogP contribution in [0.2, 0.25) is 0 Å². The van der Waals surface area contributed by atoms with Gasteiger partial charge >= 0.3 is 5.97 Å². The Balaban J connectivity index is 1.70. The summed E-state index contributed by atoms with van der Waals surface area (Å²) in [6.07, 6.45) is 6.64. The lowest BCUT2D eigenvalue weighted by Gasteiger charge is -2.20. The van der Waals surface area contributed by atoms with Gasteiger partial charge in [-0.05, 0) is 31.9 Å². The molecule has 0 saturated heterocycles. The van der Waals surface area contributed by atoms with Crippen LogP contribution in [0.3, 0.4) is 0 Å². The molecular weight excluding hydrogens is 258 g/mol. The van der Waals surface area contributed by atoms with Gasteiger partial charge in [-0.1, -0.05) is 19.3 Å². The highest BCUT2D eigenvalue weighted by Gasteiger charge is 2.23. The molecule has 0 unspecified atom stereocenters. The molecule has 5 nitrogen and oxygen atoms in total. The summed E-state index contributed by atoms with van der Waals surface area (Å²) in [5.41, 5.74) is 0. The van der Waals surface area contributed by atoms with Gasteiger partial charge in [0.1, 0.15) is 5.76 Å². The van der Waals surface area contributed by atoms with E-state index in [1.54, 1.807) is 18.4 Å². The highest BCUT2D eigenvalue weighted by Crippen LogP contribution is 2.24. The summed E-state index contributed by atoms with van der Waals surface area (Å²) in [4.78, 5) is 23.5. The van der Waals surface area contributed by atoms with Gasteiger partial charge in [0.15, 0.2) is 6.61 Å². The van der Waals surface area contributed by atoms with Crippen molar-refractivity contribution in [3.8, 4) is 0 Å². The summed E-state index contributed by atoms with van der Waals surface area (Å²) >= 11 is 0. The van der Waals surface area contributed by atoms with E-state index in [9.17, 15) is 9.59 Å². The third-order valence-corrected chi connectivity index (χ3v) is 3.63. The molecular formula is C15H21NO4.